The summed E-state index contributed by atoms with van der Waals surface area (Å²) in [6, 6.07) is 7.54. The molecular formula is C13H20N2O3. The monoisotopic (exact) mass is 252 g/mol. The van der Waals surface area contributed by atoms with Crippen molar-refractivity contribution in [1.82, 2.24) is 0 Å². The summed E-state index contributed by atoms with van der Waals surface area (Å²) in [5.41, 5.74) is 5.93. The largest absolute Gasteiger partial charge is 0.484 e. The Hall–Kier alpha value is -1.75. The van der Waals surface area contributed by atoms with Crippen molar-refractivity contribution < 1.29 is 14.3 Å². The average Bonchev–Trinajstić information content (AvgIpc) is 2.35. The number of carbonyl (C=O) groups excluding carboxylic acids is 1. The second kappa shape index (κ2) is 6.86. The molecule has 100 valence electrons. The predicted molar refractivity (Wildman–Crippen MR) is 70.7 cm³/mol. The molecule has 18 heavy (non-hydrogen) atoms. The first-order valence-corrected chi connectivity index (χ1v) is 5.83. The van der Waals surface area contributed by atoms with E-state index in [0.717, 1.165) is 5.69 Å². The summed E-state index contributed by atoms with van der Waals surface area (Å²) in [5, 5.41) is 3.30. The SMILES string of the molecule is COC(C)C(C)Nc1cccc(OCC(N)=O)c1. The van der Waals surface area contributed by atoms with Gasteiger partial charge in [-0.3, -0.25) is 4.79 Å². The smallest absolute Gasteiger partial charge is 0.255 e. The van der Waals surface area contributed by atoms with Gasteiger partial charge in [-0.1, -0.05) is 6.07 Å². The molecule has 0 spiro atoms. The molecule has 2 atom stereocenters. The molecule has 0 saturated heterocycles. The normalized spacial score (nSPS) is 13.7. The van der Waals surface area contributed by atoms with Crippen molar-refractivity contribution in [3.8, 4) is 5.75 Å². The van der Waals surface area contributed by atoms with Crippen LogP contribution in [0, 0.1) is 0 Å². The van der Waals surface area contributed by atoms with E-state index in [1.165, 1.54) is 0 Å². The highest BCUT2D eigenvalue weighted by Gasteiger charge is 2.10. The van der Waals surface area contributed by atoms with Gasteiger partial charge in [0.25, 0.3) is 5.91 Å². The van der Waals surface area contributed by atoms with Crippen molar-refractivity contribution >= 4 is 11.6 Å². The Morgan fingerprint density at radius 3 is 2.78 bits per heavy atom. The van der Waals surface area contributed by atoms with Crippen LogP contribution in [-0.4, -0.2) is 31.8 Å². The van der Waals surface area contributed by atoms with E-state index in [-0.39, 0.29) is 18.8 Å². The standard InChI is InChI=1S/C13H20N2O3/c1-9(10(2)17-3)15-11-5-4-6-12(7-11)18-8-13(14)16/h4-7,9-10,15H,8H2,1-3H3,(H2,14,16). The van der Waals surface area contributed by atoms with E-state index in [1.54, 1.807) is 13.2 Å². The Balaban J connectivity index is 2.61. The molecule has 0 radical (unpaired) electrons. The van der Waals surface area contributed by atoms with Crippen molar-refractivity contribution in [2.24, 2.45) is 5.73 Å². The van der Waals surface area contributed by atoms with Gasteiger partial charge in [0.1, 0.15) is 5.75 Å². The van der Waals surface area contributed by atoms with Crippen LogP contribution >= 0.6 is 0 Å². The lowest BCUT2D eigenvalue weighted by Crippen LogP contribution is -2.29. The molecule has 3 N–H and O–H groups in total. The number of anilines is 1. The maximum Gasteiger partial charge on any atom is 0.255 e. The van der Waals surface area contributed by atoms with Gasteiger partial charge in [0.15, 0.2) is 6.61 Å². The Labute approximate surface area is 107 Å². The van der Waals surface area contributed by atoms with Crippen LogP contribution in [-0.2, 0) is 9.53 Å². The van der Waals surface area contributed by atoms with Crippen LogP contribution in [0.25, 0.3) is 0 Å². The van der Waals surface area contributed by atoms with Crippen molar-refractivity contribution in [3.05, 3.63) is 24.3 Å². The summed E-state index contributed by atoms with van der Waals surface area (Å²) in [4.78, 5) is 10.6. The van der Waals surface area contributed by atoms with Crippen LogP contribution in [0.15, 0.2) is 24.3 Å². The summed E-state index contributed by atoms with van der Waals surface area (Å²) >= 11 is 0. The number of nitrogens with one attached hydrogen (secondary N) is 1. The van der Waals surface area contributed by atoms with Crippen LogP contribution < -0.4 is 15.8 Å². The zero-order chi connectivity index (χ0) is 13.5. The minimum atomic E-state index is -0.491. The molecule has 0 aromatic heterocycles. The number of benzene rings is 1. The Bertz CT molecular complexity index is 396. The third kappa shape index (κ3) is 4.63. The van der Waals surface area contributed by atoms with E-state index in [2.05, 4.69) is 5.32 Å². The van der Waals surface area contributed by atoms with Crippen LogP contribution in [0.5, 0.6) is 5.75 Å². The molecule has 0 aliphatic rings. The first-order chi connectivity index (χ1) is 8.52. The van der Waals surface area contributed by atoms with Crippen molar-refractivity contribution in [3.63, 3.8) is 0 Å². The van der Waals surface area contributed by atoms with E-state index >= 15 is 0 Å². The number of hydrogen-bond acceptors (Lipinski definition) is 4. The summed E-state index contributed by atoms with van der Waals surface area (Å²) in [6.45, 7) is 3.91. The fourth-order valence-electron chi connectivity index (χ4n) is 1.41. The molecule has 5 heteroatoms. The lowest BCUT2D eigenvalue weighted by molar-refractivity contribution is -0.119. The molecule has 1 aromatic carbocycles. The minimum Gasteiger partial charge on any atom is -0.484 e. The van der Waals surface area contributed by atoms with Gasteiger partial charge in [0, 0.05) is 24.9 Å². The van der Waals surface area contributed by atoms with Gasteiger partial charge >= 0.3 is 0 Å². The average molecular weight is 252 g/mol. The van der Waals surface area contributed by atoms with Crippen LogP contribution in [0.4, 0.5) is 5.69 Å². The summed E-state index contributed by atoms with van der Waals surface area (Å²) in [7, 11) is 1.68. The second-order valence-electron chi connectivity index (χ2n) is 4.16. The van der Waals surface area contributed by atoms with E-state index in [1.807, 2.05) is 32.0 Å². The molecule has 2 unspecified atom stereocenters. The van der Waals surface area contributed by atoms with Crippen LogP contribution in [0.1, 0.15) is 13.8 Å². The van der Waals surface area contributed by atoms with Crippen molar-refractivity contribution in [2.45, 2.75) is 26.0 Å². The summed E-state index contributed by atoms with van der Waals surface area (Å²) in [6.07, 6.45) is 0.0974. The summed E-state index contributed by atoms with van der Waals surface area (Å²) in [5.74, 6) is 0.116. The zero-order valence-corrected chi connectivity index (χ0v) is 11.0. The molecule has 0 fully saturated rings. The minimum absolute atomic E-state index is 0.0974. The lowest BCUT2D eigenvalue weighted by atomic mass is 10.2. The molecular weight excluding hydrogens is 232 g/mol. The molecule has 5 nitrogen and oxygen atoms in total. The molecule has 0 bridgehead atoms. The summed E-state index contributed by atoms with van der Waals surface area (Å²) < 4.78 is 10.5. The molecule has 1 rings (SSSR count). The number of ether oxygens (including phenoxy) is 2. The highest BCUT2D eigenvalue weighted by Crippen LogP contribution is 2.18. The predicted octanol–water partition coefficient (Wildman–Crippen LogP) is 1.39. The quantitative estimate of drug-likeness (QED) is 0.769. The van der Waals surface area contributed by atoms with Crippen molar-refractivity contribution in [1.29, 1.82) is 0 Å². The molecule has 1 amide bonds. The van der Waals surface area contributed by atoms with E-state index in [9.17, 15) is 4.79 Å². The first kappa shape index (κ1) is 14.3. The van der Waals surface area contributed by atoms with Gasteiger partial charge in [-0.25, -0.2) is 0 Å². The van der Waals surface area contributed by atoms with E-state index in [0.29, 0.717) is 5.75 Å². The number of hydrogen-bond donors (Lipinski definition) is 2. The number of methoxy groups -OCH3 is 1. The number of carbonyl (C=O) groups is 1. The molecule has 0 saturated carbocycles. The number of primary amides is 1. The third-order valence-corrected chi connectivity index (χ3v) is 2.69. The fraction of sp³-hybridized carbons (Fsp3) is 0.462. The van der Waals surface area contributed by atoms with Gasteiger partial charge < -0.3 is 20.5 Å². The highest BCUT2D eigenvalue weighted by molar-refractivity contribution is 5.75. The third-order valence-electron chi connectivity index (χ3n) is 2.69. The molecule has 1 aromatic rings. The molecule has 0 heterocycles. The maximum atomic E-state index is 10.6. The topological polar surface area (TPSA) is 73.6 Å². The first-order valence-electron chi connectivity index (χ1n) is 5.83. The number of amides is 1. The number of nitrogens with two attached hydrogens (primary N) is 1. The van der Waals surface area contributed by atoms with Gasteiger partial charge in [-0.15, -0.1) is 0 Å². The van der Waals surface area contributed by atoms with Gasteiger partial charge in [0.05, 0.1) is 6.10 Å². The second-order valence-corrected chi connectivity index (χ2v) is 4.16. The zero-order valence-electron chi connectivity index (χ0n) is 11.0. The molecule has 0 aliphatic heterocycles. The lowest BCUT2D eigenvalue weighted by Gasteiger charge is -2.21. The number of rotatable bonds is 7. The van der Waals surface area contributed by atoms with Crippen LogP contribution in [0.2, 0.25) is 0 Å². The van der Waals surface area contributed by atoms with Gasteiger partial charge in [0.2, 0.25) is 0 Å². The Morgan fingerprint density at radius 2 is 2.17 bits per heavy atom. The van der Waals surface area contributed by atoms with Gasteiger partial charge in [-0.2, -0.15) is 0 Å². The van der Waals surface area contributed by atoms with Crippen LogP contribution in [0.3, 0.4) is 0 Å². The van der Waals surface area contributed by atoms with E-state index < -0.39 is 5.91 Å². The Kier molecular flexibility index (Phi) is 5.45. The van der Waals surface area contributed by atoms with Gasteiger partial charge in [-0.05, 0) is 26.0 Å². The van der Waals surface area contributed by atoms with Crippen molar-refractivity contribution in [2.75, 3.05) is 19.0 Å². The highest BCUT2D eigenvalue weighted by atomic mass is 16.5. The molecule has 0 aliphatic carbocycles. The maximum absolute atomic E-state index is 10.6. The fourth-order valence-corrected chi connectivity index (χ4v) is 1.41. The van der Waals surface area contributed by atoms with E-state index in [4.69, 9.17) is 15.2 Å². The Morgan fingerprint density at radius 1 is 1.44 bits per heavy atom.